The van der Waals surface area contributed by atoms with Gasteiger partial charge in [-0.3, -0.25) is 4.90 Å². The number of amidine groups is 1. The number of benzene rings is 1. The van der Waals surface area contributed by atoms with Crippen molar-refractivity contribution in [3.05, 3.63) is 35.4 Å². The SMILES string of the molecule is CO/N=C(/N)c1ccccc1CN1CCC(O)CC1. The highest BCUT2D eigenvalue weighted by atomic mass is 16.6. The molecule has 104 valence electrons. The van der Waals surface area contributed by atoms with Crippen LogP contribution in [0, 0.1) is 0 Å². The fourth-order valence-electron chi connectivity index (χ4n) is 2.37. The number of nitrogens with two attached hydrogens (primary N) is 1. The molecular formula is C14H21N3O2. The van der Waals surface area contributed by atoms with Gasteiger partial charge >= 0.3 is 0 Å². The van der Waals surface area contributed by atoms with E-state index in [4.69, 9.17) is 10.6 Å². The van der Waals surface area contributed by atoms with Crippen molar-refractivity contribution >= 4 is 5.84 Å². The van der Waals surface area contributed by atoms with Crippen molar-refractivity contribution < 1.29 is 9.94 Å². The standard InChI is InChI=1S/C14H21N3O2/c1-19-16-14(15)13-5-3-2-4-11(13)10-17-8-6-12(18)7-9-17/h2-5,12,18H,6-10H2,1H3,(H2,15,16). The lowest BCUT2D eigenvalue weighted by Crippen LogP contribution is -2.35. The monoisotopic (exact) mass is 263 g/mol. The summed E-state index contributed by atoms with van der Waals surface area (Å²) in [4.78, 5) is 7.06. The summed E-state index contributed by atoms with van der Waals surface area (Å²) in [5.41, 5.74) is 7.95. The van der Waals surface area contributed by atoms with Crippen LogP contribution in [0.2, 0.25) is 0 Å². The molecule has 0 saturated carbocycles. The summed E-state index contributed by atoms with van der Waals surface area (Å²) >= 11 is 0. The van der Waals surface area contributed by atoms with Crippen LogP contribution in [0.4, 0.5) is 0 Å². The first-order chi connectivity index (χ1) is 9.20. The summed E-state index contributed by atoms with van der Waals surface area (Å²) in [5.74, 6) is 0.398. The molecule has 0 bridgehead atoms. The molecule has 2 rings (SSSR count). The zero-order chi connectivity index (χ0) is 13.7. The Kier molecular flexibility index (Phi) is 4.76. The van der Waals surface area contributed by atoms with E-state index in [1.165, 1.54) is 7.11 Å². The molecule has 3 N–H and O–H groups in total. The smallest absolute Gasteiger partial charge is 0.170 e. The first-order valence-electron chi connectivity index (χ1n) is 6.56. The fourth-order valence-corrected chi connectivity index (χ4v) is 2.37. The number of hydrogen-bond donors (Lipinski definition) is 2. The average molecular weight is 263 g/mol. The number of likely N-dealkylation sites (tertiary alicyclic amines) is 1. The number of hydrogen-bond acceptors (Lipinski definition) is 4. The second kappa shape index (κ2) is 6.54. The molecule has 0 unspecified atom stereocenters. The molecule has 0 atom stereocenters. The highest BCUT2D eigenvalue weighted by molar-refractivity contribution is 5.98. The number of oxime groups is 1. The van der Waals surface area contributed by atoms with Gasteiger partial charge in [-0.05, 0) is 18.4 Å². The van der Waals surface area contributed by atoms with Crippen LogP contribution in [0.25, 0.3) is 0 Å². The van der Waals surface area contributed by atoms with Crippen LogP contribution in [0.15, 0.2) is 29.4 Å². The highest BCUT2D eigenvalue weighted by Crippen LogP contribution is 2.16. The highest BCUT2D eigenvalue weighted by Gasteiger charge is 2.18. The van der Waals surface area contributed by atoms with Gasteiger partial charge in [0.2, 0.25) is 0 Å². The quantitative estimate of drug-likeness (QED) is 0.481. The molecule has 0 amide bonds. The van der Waals surface area contributed by atoms with Gasteiger partial charge in [-0.25, -0.2) is 0 Å². The van der Waals surface area contributed by atoms with Gasteiger partial charge in [0.1, 0.15) is 7.11 Å². The Bertz CT molecular complexity index is 440. The largest absolute Gasteiger partial charge is 0.397 e. The summed E-state index contributed by atoms with van der Waals surface area (Å²) in [7, 11) is 1.49. The molecular weight excluding hydrogens is 242 g/mol. The van der Waals surface area contributed by atoms with Crippen molar-refractivity contribution in [3.8, 4) is 0 Å². The molecule has 0 aromatic heterocycles. The number of aliphatic hydroxyl groups excluding tert-OH is 1. The lowest BCUT2D eigenvalue weighted by Gasteiger charge is -2.30. The summed E-state index contributed by atoms with van der Waals surface area (Å²) < 4.78 is 0. The first kappa shape index (κ1) is 13.8. The van der Waals surface area contributed by atoms with E-state index in [0.29, 0.717) is 5.84 Å². The molecule has 19 heavy (non-hydrogen) atoms. The first-order valence-corrected chi connectivity index (χ1v) is 6.56. The molecule has 1 saturated heterocycles. The van der Waals surface area contributed by atoms with Gasteiger partial charge in [0, 0.05) is 25.2 Å². The van der Waals surface area contributed by atoms with E-state index in [-0.39, 0.29) is 6.10 Å². The van der Waals surface area contributed by atoms with Crippen LogP contribution in [-0.2, 0) is 11.4 Å². The minimum Gasteiger partial charge on any atom is -0.397 e. The summed E-state index contributed by atoms with van der Waals surface area (Å²) in [5, 5.41) is 13.3. The van der Waals surface area contributed by atoms with E-state index in [2.05, 4.69) is 16.1 Å². The molecule has 5 heteroatoms. The predicted octanol–water partition coefficient (Wildman–Crippen LogP) is 0.910. The van der Waals surface area contributed by atoms with Crippen LogP contribution in [0.3, 0.4) is 0 Å². The molecule has 1 fully saturated rings. The van der Waals surface area contributed by atoms with Crippen LogP contribution in [0.5, 0.6) is 0 Å². The van der Waals surface area contributed by atoms with Crippen LogP contribution < -0.4 is 5.73 Å². The lowest BCUT2D eigenvalue weighted by molar-refractivity contribution is 0.0792. The third-order valence-electron chi connectivity index (χ3n) is 3.43. The topological polar surface area (TPSA) is 71.1 Å². The van der Waals surface area contributed by atoms with Gasteiger partial charge in [0.15, 0.2) is 5.84 Å². The van der Waals surface area contributed by atoms with Crippen molar-refractivity contribution in [3.63, 3.8) is 0 Å². The molecule has 0 spiro atoms. The average Bonchev–Trinajstić information content (AvgIpc) is 2.42. The van der Waals surface area contributed by atoms with E-state index in [1.807, 2.05) is 18.2 Å². The minimum absolute atomic E-state index is 0.147. The van der Waals surface area contributed by atoms with E-state index in [0.717, 1.165) is 43.6 Å². The Morgan fingerprint density at radius 2 is 2.11 bits per heavy atom. The Morgan fingerprint density at radius 3 is 2.79 bits per heavy atom. The van der Waals surface area contributed by atoms with Gasteiger partial charge in [-0.2, -0.15) is 0 Å². The molecule has 1 aromatic carbocycles. The van der Waals surface area contributed by atoms with Gasteiger partial charge in [-0.15, -0.1) is 0 Å². The Labute approximate surface area is 113 Å². The maximum absolute atomic E-state index is 9.52. The maximum Gasteiger partial charge on any atom is 0.170 e. The Hall–Kier alpha value is -1.59. The van der Waals surface area contributed by atoms with Crippen molar-refractivity contribution in [2.45, 2.75) is 25.5 Å². The molecule has 1 heterocycles. The van der Waals surface area contributed by atoms with Gasteiger partial charge in [-0.1, -0.05) is 29.4 Å². The van der Waals surface area contributed by atoms with Gasteiger partial charge in [0.05, 0.1) is 6.10 Å². The summed E-state index contributed by atoms with van der Waals surface area (Å²) in [6, 6.07) is 7.94. The molecule has 0 radical (unpaired) electrons. The second-order valence-corrected chi connectivity index (χ2v) is 4.82. The predicted molar refractivity (Wildman–Crippen MR) is 74.7 cm³/mol. The van der Waals surface area contributed by atoms with Crippen LogP contribution >= 0.6 is 0 Å². The Morgan fingerprint density at radius 1 is 1.42 bits per heavy atom. The minimum atomic E-state index is -0.147. The molecule has 1 aromatic rings. The number of rotatable bonds is 4. The van der Waals surface area contributed by atoms with Crippen molar-refractivity contribution in [2.24, 2.45) is 10.9 Å². The molecule has 0 aliphatic carbocycles. The van der Waals surface area contributed by atoms with Gasteiger partial charge in [0.25, 0.3) is 0 Å². The van der Waals surface area contributed by atoms with Gasteiger partial charge < -0.3 is 15.7 Å². The molecule has 1 aliphatic heterocycles. The van der Waals surface area contributed by atoms with E-state index in [9.17, 15) is 5.11 Å². The third kappa shape index (κ3) is 3.68. The maximum atomic E-state index is 9.52. The van der Waals surface area contributed by atoms with E-state index in [1.54, 1.807) is 0 Å². The Balaban J connectivity index is 2.10. The van der Waals surface area contributed by atoms with Crippen molar-refractivity contribution in [1.29, 1.82) is 0 Å². The molecule has 5 nitrogen and oxygen atoms in total. The normalized spacial score (nSPS) is 18.5. The summed E-state index contributed by atoms with van der Waals surface area (Å²) in [6.45, 7) is 2.65. The number of piperidine rings is 1. The number of nitrogens with zero attached hydrogens (tertiary/aromatic N) is 2. The zero-order valence-electron chi connectivity index (χ0n) is 11.2. The third-order valence-corrected chi connectivity index (χ3v) is 3.43. The fraction of sp³-hybridized carbons (Fsp3) is 0.500. The number of aliphatic hydroxyl groups is 1. The second-order valence-electron chi connectivity index (χ2n) is 4.82. The van der Waals surface area contributed by atoms with Crippen LogP contribution in [-0.4, -0.2) is 42.1 Å². The van der Waals surface area contributed by atoms with E-state index < -0.39 is 0 Å². The summed E-state index contributed by atoms with van der Waals surface area (Å²) in [6.07, 6.45) is 1.53. The van der Waals surface area contributed by atoms with E-state index >= 15 is 0 Å². The van der Waals surface area contributed by atoms with Crippen molar-refractivity contribution in [1.82, 2.24) is 4.90 Å². The van der Waals surface area contributed by atoms with Crippen molar-refractivity contribution in [2.75, 3.05) is 20.2 Å². The lowest BCUT2D eigenvalue weighted by atomic mass is 10.0. The van der Waals surface area contributed by atoms with Crippen LogP contribution in [0.1, 0.15) is 24.0 Å². The molecule has 1 aliphatic rings. The zero-order valence-corrected chi connectivity index (χ0v) is 11.2.